The molecule has 0 aromatic heterocycles. The Morgan fingerprint density at radius 3 is 0.863 bits per heavy atom. The Morgan fingerprint density at radius 1 is 0.317 bits per heavy atom. The van der Waals surface area contributed by atoms with Gasteiger partial charge in [0.2, 0.25) is 11.8 Å². The topological polar surface area (TPSA) is 393 Å². The molecule has 0 heterocycles. The number of amides is 2. The van der Waals surface area contributed by atoms with Gasteiger partial charge in [0.1, 0.15) is 47.7 Å². The molecule has 0 radical (unpaired) electrons. The number of hydrogen-bond acceptors (Lipinski definition) is 23. The van der Waals surface area contributed by atoms with Crippen molar-refractivity contribution in [3.05, 3.63) is 0 Å². The van der Waals surface area contributed by atoms with Gasteiger partial charge in [-0.3, -0.25) is 33.6 Å². The maximum absolute atomic E-state index is 15.7. The lowest BCUT2D eigenvalue weighted by atomic mass is 9.83. The molecule has 10 N–H and O–H groups in total. The van der Waals surface area contributed by atoms with Gasteiger partial charge in [-0.1, -0.05) is 450 Å². The number of hydrogen-bond donors (Lipinski definition) is 10. The zero-order valence-corrected chi connectivity index (χ0v) is 92.7. The average Bonchev–Trinajstić information content (AvgIpc) is 0.790. The lowest BCUT2D eigenvalue weighted by Gasteiger charge is -2.44. The summed E-state index contributed by atoms with van der Waals surface area (Å²) in [6, 6.07) is 0. The number of phosphoric acid groups is 1. The highest BCUT2D eigenvalue weighted by Gasteiger charge is 2.53. The fraction of sp³-hybridized carbons (Fsp3) is 0.938. The van der Waals surface area contributed by atoms with Crippen LogP contribution in [0.25, 0.3) is 0 Å². The lowest BCUT2D eigenvalue weighted by Crippen LogP contribution is -2.67. The fourth-order valence-corrected chi connectivity index (χ4v) is 19.5. The highest BCUT2D eigenvalue weighted by Crippen LogP contribution is 2.45. The van der Waals surface area contributed by atoms with E-state index in [2.05, 4.69) is 59.1 Å². The van der Waals surface area contributed by atoms with Crippen LogP contribution >= 0.6 is 8.17 Å². The van der Waals surface area contributed by atoms with Crippen molar-refractivity contribution in [3.63, 3.8) is 0 Å². The predicted octanol–water partition coefficient (Wildman–Crippen LogP) is 24.9. The first kappa shape index (κ1) is 135. The molecule has 0 saturated carbocycles. The number of nitrogens with one attached hydrogen (secondary N) is 2. The SMILES string of the molecule is CCCCCCCCCCCCCC(C)C(=O)OC(CC(=O)NC(C)(C(C)O)C(OC(=O)CC(O)C(C)CCCCCCCCC)C(O)C(O)COCC(C)(NC(=O)CC(OC(=O)C(C)CCCCCCCCC)C(C)CCCCCCCCC)C(OC(=O)CC(OC(=O)C(C)CCCCCCCCCCC)C(C)CCCCCCCCC)C(O[P+]([O-])(O)O)C(O)CO)C(C)CCCCCCCCC. The van der Waals surface area contributed by atoms with Crippen LogP contribution < -0.4 is 15.5 Å². The van der Waals surface area contributed by atoms with E-state index in [1.165, 1.54) is 85.0 Å². The highest BCUT2D eigenvalue weighted by atomic mass is 31.2. The third-order valence-electron chi connectivity index (χ3n) is 29.3. The van der Waals surface area contributed by atoms with E-state index < -0.39 is 209 Å². The summed E-state index contributed by atoms with van der Waals surface area (Å²) in [5.41, 5.74) is -4.66. The standard InChI is InChI=1S/C113H217N2O23P/c1-18-25-32-39-46-48-49-51-58-65-71-78-92(13)110(127)134-99(89(10)75-68-61-54-43-36-29-22-5)82-102(122)115-113(17,94(15)117)107(136-103(123)80-95(118)87(8)73-66-59-52-41-34-27-20-3)105(125)97(120)85-132-86-112(16,114-101(121)81-98(88(9)74-67-60-53-42-35-28-21-4)133-109(126)91(12)77-70-63-56-45-38-31-24-7)108(106(96(119)84-116)138-139(129,130)131)137-104(124)83-100(90(11)76-69-62-55-44-37-30-23-6)135-111(128)93(14)79-72-64-57-50-47-40-33-26-19-2/h87-100,105-108,116-120,125H,18-86H2,1-17H3,(H,114,121)(H,115,122)(H2,129,130,131). The van der Waals surface area contributed by atoms with Gasteiger partial charge in [-0.25, -0.2) is 0 Å². The number of carbonyl (C=O) groups is 7. The molecule has 0 spiro atoms. The van der Waals surface area contributed by atoms with Crippen LogP contribution in [-0.4, -0.2) is 180 Å². The first-order chi connectivity index (χ1) is 66.4. The largest absolute Gasteiger partial charge is 0.606 e. The zero-order valence-electron chi connectivity index (χ0n) is 91.8. The monoisotopic (exact) mass is 2000 g/mol. The summed E-state index contributed by atoms with van der Waals surface area (Å²) in [7, 11) is -5.84. The van der Waals surface area contributed by atoms with E-state index in [9.17, 15) is 64.5 Å². The van der Waals surface area contributed by atoms with Gasteiger partial charge in [0.15, 0.2) is 18.3 Å². The Bertz CT molecular complexity index is 2990. The molecule has 2 amide bonds. The van der Waals surface area contributed by atoms with Crippen molar-refractivity contribution in [2.24, 2.45) is 41.4 Å². The van der Waals surface area contributed by atoms with Crippen molar-refractivity contribution in [2.45, 2.75) is 620 Å². The molecule has 0 aromatic rings. The molecule has 0 bridgehead atoms. The van der Waals surface area contributed by atoms with E-state index in [-0.39, 0.29) is 5.92 Å². The number of rotatable bonds is 98. The van der Waals surface area contributed by atoms with E-state index in [0.29, 0.717) is 44.9 Å². The van der Waals surface area contributed by atoms with Gasteiger partial charge >= 0.3 is 38.0 Å². The number of phosphoric ester groups is 1. The van der Waals surface area contributed by atoms with Crippen molar-refractivity contribution >= 4 is 49.8 Å². The molecule has 25 nitrogen and oxygen atoms in total. The lowest BCUT2D eigenvalue weighted by molar-refractivity contribution is -0.254. The summed E-state index contributed by atoms with van der Waals surface area (Å²) in [4.78, 5) is 139. The first-order valence-electron chi connectivity index (χ1n) is 57.4. The van der Waals surface area contributed by atoms with Gasteiger partial charge in [-0.05, 0) is 89.4 Å². The molecule has 0 aliphatic heterocycles. The molecule has 0 aromatic carbocycles. The second-order valence-electron chi connectivity index (χ2n) is 43.1. The average molecular weight is 2000 g/mol. The molecular formula is C113H217N2O23P. The van der Waals surface area contributed by atoms with Gasteiger partial charge in [-0.2, -0.15) is 14.3 Å². The molecule has 26 heteroatoms. The Hall–Kier alpha value is -3.72. The van der Waals surface area contributed by atoms with E-state index in [1.54, 1.807) is 13.8 Å². The summed E-state index contributed by atoms with van der Waals surface area (Å²) in [5, 5.41) is 78.3. The van der Waals surface area contributed by atoms with Gasteiger partial charge < -0.3 is 74.6 Å². The maximum Gasteiger partial charge on any atom is 0.374 e. The summed E-state index contributed by atoms with van der Waals surface area (Å²) >= 11 is 0. The van der Waals surface area contributed by atoms with Crippen LogP contribution in [0.1, 0.15) is 541 Å². The number of esters is 5. The molecule has 0 fully saturated rings. The van der Waals surface area contributed by atoms with Crippen molar-refractivity contribution in [1.82, 2.24) is 10.6 Å². The van der Waals surface area contributed by atoms with Crippen LogP contribution in [0, 0.1) is 41.4 Å². The van der Waals surface area contributed by atoms with Gasteiger partial charge in [0.25, 0.3) is 0 Å². The quantitative estimate of drug-likeness (QED) is 0.0117. The van der Waals surface area contributed by atoms with E-state index >= 15 is 14.4 Å². The van der Waals surface area contributed by atoms with Gasteiger partial charge in [0, 0.05) is 0 Å². The first-order valence-corrected chi connectivity index (χ1v) is 58.9. The van der Waals surface area contributed by atoms with E-state index in [4.69, 9.17) is 32.9 Å². The minimum atomic E-state index is -5.84. The molecule has 0 aliphatic rings. The summed E-state index contributed by atoms with van der Waals surface area (Å²) in [6.07, 6.45) is 39.2. The van der Waals surface area contributed by atoms with Crippen LogP contribution in [0.2, 0.25) is 0 Å². The van der Waals surface area contributed by atoms with Gasteiger partial charge in [0.05, 0.1) is 75.5 Å². The molecule has 0 rings (SSSR count). The van der Waals surface area contributed by atoms with Crippen molar-refractivity contribution in [3.8, 4) is 0 Å². The third kappa shape index (κ3) is 67.0. The summed E-state index contributed by atoms with van der Waals surface area (Å²) in [5.74, 6) is -8.75. The van der Waals surface area contributed by atoms with Crippen LogP contribution in [-0.2, 0) is 66.5 Å². The van der Waals surface area contributed by atoms with Crippen LogP contribution in [0.5, 0.6) is 0 Å². The molecule has 20 atom stereocenters. The smallest absolute Gasteiger partial charge is 0.374 e. The van der Waals surface area contributed by atoms with E-state index in [0.717, 1.165) is 289 Å². The molecule has 822 valence electrons. The van der Waals surface area contributed by atoms with Gasteiger partial charge in [-0.15, -0.1) is 0 Å². The fourth-order valence-electron chi connectivity index (χ4n) is 18.9. The van der Waals surface area contributed by atoms with E-state index in [1.807, 2.05) is 34.6 Å². The number of ether oxygens (including phenoxy) is 6. The summed E-state index contributed by atoms with van der Waals surface area (Å²) < 4.78 is 43.6. The Morgan fingerprint density at radius 2 is 0.576 bits per heavy atom. The minimum Gasteiger partial charge on any atom is -0.606 e. The molecule has 20 unspecified atom stereocenters. The second kappa shape index (κ2) is 85.2. The second-order valence-corrected chi connectivity index (χ2v) is 44.3. The molecule has 0 saturated heterocycles. The predicted molar refractivity (Wildman–Crippen MR) is 561 cm³/mol. The zero-order chi connectivity index (χ0) is 104. The highest BCUT2D eigenvalue weighted by molar-refractivity contribution is 7.51. The van der Waals surface area contributed by atoms with Crippen LogP contribution in [0.15, 0.2) is 0 Å². The summed E-state index contributed by atoms with van der Waals surface area (Å²) in [6.45, 7) is 28.7. The Balaban J connectivity index is 8.82. The van der Waals surface area contributed by atoms with Crippen molar-refractivity contribution in [2.75, 3.05) is 19.8 Å². The molecule has 0 aliphatic carbocycles. The van der Waals surface area contributed by atoms with Crippen LogP contribution in [0.3, 0.4) is 0 Å². The van der Waals surface area contributed by atoms with Crippen molar-refractivity contribution in [1.29, 1.82) is 0 Å². The number of unbranched alkanes of at least 4 members (excludes halogenated alkanes) is 48. The normalized spacial score (nSPS) is 16.8. The third-order valence-corrected chi connectivity index (χ3v) is 29.8. The number of carbonyl (C=O) groups excluding carboxylic acids is 7. The number of aliphatic hydroxyl groups excluding tert-OH is 6. The molecule has 139 heavy (non-hydrogen) atoms. The molecular weight excluding hydrogens is 1780 g/mol. The van der Waals surface area contributed by atoms with Crippen molar-refractivity contribution < 1.29 is 112 Å². The minimum absolute atomic E-state index is 0.340. The Labute approximate surface area is 848 Å². The maximum atomic E-state index is 15.7. The van der Waals surface area contributed by atoms with Crippen LogP contribution in [0.4, 0.5) is 0 Å². The Kier molecular flexibility index (Phi) is 83.0. The number of aliphatic hydroxyl groups is 6.